The first-order chi connectivity index (χ1) is 18.5. The number of rotatable bonds is 3. The smallest absolute Gasteiger partial charge is 0.187 e. The number of hydrazone groups is 1. The maximum absolute atomic E-state index is 14.6. The number of hydrogen-bond acceptors (Lipinski definition) is 5. The van der Waals surface area contributed by atoms with Gasteiger partial charge in [-0.15, -0.1) is 0 Å². The molecule has 3 aliphatic rings. The quantitative estimate of drug-likeness (QED) is 0.270. The highest BCUT2D eigenvalue weighted by Crippen LogP contribution is 2.64. The number of carbonyl (C=O) groups is 3. The van der Waals surface area contributed by atoms with Gasteiger partial charge < -0.3 is 0 Å². The summed E-state index contributed by atoms with van der Waals surface area (Å²) in [5, 5.41) is 6.36. The second-order valence-electron chi connectivity index (χ2n) is 9.93. The molecule has 0 aromatic heterocycles. The van der Waals surface area contributed by atoms with Crippen LogP contribution in [0.4, 0.5) is 4.39 Å². The molecule has 0 radical (unpaired) electrons. The van der Waals surface area contributed by atoms with Crippen molar-refractivity contribution in [2.45, 2.75) is 18.0 Å². The van der Waals surface area contributed by atoms with Gasteiger partial charge in [-0.05, 0) is 41.0 Å². The van der Waals surface area contributed by atoms with E-state index in [-0.39, 0.29) is 22.9 Å². The Balaban J connectivity index is 1.55. The lowest BCUT2D eigenvalue weighted by Crippen LogP contribution is -2.43. The van der Waals surface area contributed by atoms with Crippen LogP contribution in [0, 0.1) is 11.2 Å². The van der Waals surface area contributed by atoms with E-state index in [2.05, 4.69) is 0 Å². The molecule has 1 saturated heterocycles. The molecule has 7 rings (SSSR count). The summed E-state index contributed by atoms with van der Waals surface area (Å²) in [5.41, 5.74) is 1.67. The minimum absolute atomic E-state index is 0.289. The minimum atomic E-state index is -1.61. The van der Waals surface area contributed by atoms with Crippen LogP contribution in [0.3, 0.4) is 0 Å². The number of nitrogens with zero attached hydrogens (tertiary/aromatic N) is 2. The van der Waals surface area contributed by atoms with Crippen molar-refractivity contribution < 1.29 is 18.8 Å². The van der Waals surface area contributed by atoms with Crippen LogP contribution >= 0.6 is 0 Å². The number of hydrogen-bond donors (Lipinski definition) is 0. The van der Waals surface area contributed by atoms with Gasteiger partial charge in [0.2, 0.25) is 0 Å². The van der Waals surface area contributed by atoms with Crippen molar-refractivity contribution in [1.29, 1.82) is 0 Å². The number of ketones is 3. The van der Waals surface area contributed by atoms with Gasteiger partial charge in [0.1, 0.15) is 17.3 Å². The van der Waals surface area contributed by atoms with Crippen molar-refractivity contribution in [1.82, 2.24) is 5.01 Å². The molecule has 2 aliphatic heterocycles. The number of Topliss-reactive ketones (excluding diaryl/α,β-unsaturated/α-hetero) is 3. The monoisotopic (exact) mass is 500 g/mol. The van der Waals surface area contributed by atoms with Crippen LogP contribution in [-0.2, 0) is 0 Å². The van der Waals surface area contributed by atoms with E-state index < -0.39 is 29.2 Å². The zero-order valence-electron chi connectivity index (χ0n) is 20.1. The van der Waals surface area contributed by atoms with Crippen LogP contribution in [-0.4, -0.2) is 34.6 Å². The summed E-state index contributed by atoms with van der Waals surface area (Å²) in [6, 6.07) is 27.3. The summed E-state index contributed by atoms with van der Waals surface area (Å²) in [6.07, 6.45) is 1.68. The van der Waals surface area contributed by atoms with E-state index in [0.717, 1.165) is 11.1 Å². The third-order valence-corrected chi connectivity index (χ3v) is 8.13. The molecule has 0 saturated carbocycles. The lowest BCUT2D eigenvalue weighted by molar-refractivity contribution is 0.0586. The molecule has 38 heavy (non-hydrogen) atoms. The fourth-order valence-electron chi connectivity index (χ4n) is 6.59. The number of carbonyl (C=O) groups excluding carboxylic acids is 3. The van der Waals surface area contributed by atoms with Crippen LogP contribution in [0.5, 0.6) is 0 Å². The summed E-state index contributed by atoms with van der Waals surface area (Å²) < 4.78 is 13.8. The Bertz CT molecular complexity index is 1630. The topological polar surface area (TPSA) is 66.8 Å². The van der Waals surface area contributed by atoms with Crippen LogP contribution < -0.4 is 0 Å². The summed E-state index contributed by atoms with van der Waals surface area (Å²) in [5.74, 6) is -2.22. The van der Waals surface area contributed by atoms with Crippen LogP contribution in [0.15, 0.2) is 108 Å². The molecule has 1 unspecified atom stereocenters. The van der Waals surface area contributed by atoms with E-state index in [9.17, 15) is 18.8 Å². The van der Waals surface area contributed by atoms with E-state index in [1.165, 1.54) is 24.3 Å². The summed E-state index contributed by atoms with van der Waals surface area (Å²) in [6.45, 7) is 0. The molecule has 184 valence electrons. The molecule has 0 bridgehead atoms. The van der Waals surface area contributed by atoms with Crippen molar-refractivity contribution in [2.24, 2.45) is 10.5 Å². The molecule has 5 nitrogen and oxygen atoms in total. The van der Waals surface area contributed by atoms with E-state index in [1.807, 2.05) is 54.6 Å². The zero-order valence-corrected chi connectivity index (χ0v) is 20.1. The molecule has 3 atom stereocenters. The first-order valence-electron chi connectivity index (χ1n) is 12.5. The molecule has 2 heterocycles. The standard InChI is InChI=1S/C32H21FN2O3/c33-22-16-14-20(15-17-22)28(36)27-26(19-8-2-1-3-9-19)32(30(37)24-12-6-7-13-25(24)31(32)38)29-23-11-5-4-10-21(23)18-34-35(27)29/h1-18,26-27,29H/t26-,27+,29?/m1/s1. The molecule has 1 spiro atoms. The second-order valence-corrected chi connectivity index (χ2v) is 9.93. The van der Waals surface area contributed by atoms with Gasteiger partial charge in [0.25, 0.3) is 0 Å². The molecule has 1 fully saturated rings. The van der Waals surface area contributed by atoms with Gasteiger partial charge in [-0.3, -0.25) is 19.4 Å². The van der Waals surface area contributed by atoms with E-state index >= 15 is 0 Å². The molecule has 4 aromatic rings. The lowest BCUT2D eigenvalue weighted by atomic mass is 9.63. The Kier molecular flexibility index (Phi) is 4.82. The SMILES string of the molecule is O=C(c1ccc(F)cc1)[C@@H]1[C@@H](c2ccccc2)C2(C(=O)c3ccccc3C2=O)C2c3ccccc3C=NN21. The van der Waals surface area contributed by atoms with Gasteiger partial charge in [-0.2, -0.15) is 5.10 Å². The molecule has 6 heteroatoms. The third kappa shape index (κ3) is 2.85. The van der Waals surface area contributed by atoms with Gasteiger partial charge >= 0.3 is 0 Å². The van der Waals surface area contributed by atoms with Crippen molar-refractivity contribution in [3.63, 3.8) is 0 Å². The maximum atomic E-state index is 14.6. The second kappa shape index (κ2) is 8.15. The average Bonchev–Trinajstić information content (AvgIpc) is 3.40. The fourth-order valence-corrected chi connectivity index (χ4v) is 6.59. The van der Waals surface area contributed by atoms with Gasteiger partial charge in [-0.25, -0.2) is 4.39 Å². The maximum Gasteiger partial charge on any atom is 0.187 e. The first kappa shape index (κ1) is 22.5. The predicted octanol–water partition coefficient (Wildman–Crippen LogP) is 5.63. The van der Waals surface area contributed by atoms with Crippen molar-refractivity contribution in [3.05, 3.63) is 142 Å². The predicted molar refractivity (Wildman–Crippen MR) is 140 cm³/mol. The molecule has 0 amide bonds. The van der Waals surface area contributed by atoms with Crippen LogP contribution in [0.1, 0.15) is 59.7 Å². The van der Waals surface area contributed by atoms with Crippen molar-refractivity contribution >= 4 is 23.6 Å². The highest BCUT2D eigenvalue weighted by molar-refractivity contribution is 6.31. The Morgan fingerprint density at radius 1 is 0.763 bits per heavy atom. The average molecular weight is 501 g/mol. The first-order valence-corrected chi connectivity index (χ1v) is 12.5. The van der Waals surface area contributed by atoms with Crippen molar-refractivity contribution in [3.8, 4) is 0 Å². The largest absolute Gasteiger partial charge is 0.293 e. The van der Waals surface area contributed by atoms with Gasteiger partial charge in [0, 0.05) is 22.6 Å². The molecule has 1 aliphatic carbocycles. The lowest BCUT2D eigenvalue weighted by Gasteiger charge is -2.36. The number of benzene rings is 4. The minimum Gasteiger partial charge on any atom is -0.293 e. The number of halogens is 1. The summed E-state index contributed by atoms with van der Waals surface area (Å²) in [7, 11) is 0. The molecular weight excluding hydrogens is 479 g/mol. The van der Waals surface area contributed by atoms with Crippen molar-refractivity contribution in [2.75, 3.05) is 0 Å². The zero-order chi connectivity index (χ0) is 26.0. The summed E-state index contributed by atoms with van der Waals surface area (Å²) in [4.78, 5) is 43.4. The van der Waals surface area contributed by atoms with Gasteiger partial charge in [0.15, 0.2) is 17.3 Å². The Hall–Kier alpha value is -4.71. The molecule has 0 N–H and O–H groups in total. The molecular formula is C32H21FN2O3. The Labute approximate surface area is 218 Å². The third-order valence-electron chi connectivity index (χ3n) is 8.13. The van der Waals surface area contributed by atoms with Gasteiger partial charge in [0.05, 0.1) is 12.3 Å². The molecule has 4 aromatic carbocycles. The highest BCUT2D eigenvalue weighted by atomic mass is 19.1. The van der Waals surface area contributed by atoms with E-state index in [4.69, 9.17) is 5.10 Å². The highest BCUT2D eigenvalue weighted by Gasteiger charge is 2.72. The normalized spacial score (nSPS) is 22.3. The van der Waals surface area contributed by atoms with E-state index in [1.54, 1.807) is 35.5 Å². The fraction of sp³-hybridized carbons (Fsp3) is 0.125. The van der Waals surface area contributed by atoms with E-state index in [0.29, 0.717) is 16.7 Å². The number of fused-ring (bicyclic) bond motifs is 5. The van der Waals surface area contributed by atoms with Crippen LogP contribution in [0.2, 0.25) is 0 Å². The Morgan fingerprint density at radius 3 is 2.05 bits per heavy atom. The van der Waals surface area contributed by atoms with Crippen LogP contribution in [0.25, 0.3) is 0 Å². The summed E-state index contributed by atoms with van der Waals surface area (Å²) >= 11 is 0. The van der Waals surface area contributed by atoms with Gasteiger partial charge in [-0.1, -0.05) is 78.9 Å². The Morgan fingerprint density at radius 2 is 1.37 bits per heavy atom.